The lowest BCUT2D eigenvalue weighted by atomic mass is 10.1. The molecule has 2 N–H and O–H groups in total. The van der Waals surface area contributed by atoms with Crippen LogP contribution in [0.2, 0.25) is 0 Å². The fourth-order valence-corrected chi connectivity index (χ4v) is 3.86. The summed E-state index contributed by atoms with van der Waals surface area (Å²) in [7, 11) is -3.49. The quantitative estimate of drug-likeness (QED) is 0.651. The summed E-state index contributed by atoms with van der Waals surface area (Å²) in [6.45, 7) is 6.07. The van der Waals surface area contributed by atoms with Crippen LogP contribution in [0.4, 0.5) is 0 Å². The van der Waals surface area contributed by atoms with Gasteiger partial charge in [-0.25, -0.2) is 13.2 Å². The molecule has 1 unspecified atom stereocenters. The van der Waals surface area contributed by atoms with Crippen LogP contribution in [0.1, 0.15) is 39.2 Å². The largest absolute Gasteiger partial charge is 0.480 e. The number of nitrogens with zero attached hydrogens (tertiary/aromatic N) is 1. The van der Waals surface area contributed by atoms with Crippen molar-refractivity contribution in [3.8, 4) is 0 Å². The van der Waals surface area contributed by atoms with Crippen molar-refractivity contribution in [3.05, 3.63) is 29.8 Å². The number of carboxylic acid groups (broad SMARTS) is 1. The molecule has 0 aliphatic heterocycles. The lowest BCUT2D eigenvalue weighted by Crippen LogP contribution is -2.40. The number of aliphatic carboxylic acids is 1. The minimum Gasteiger partial charge on any atom is -0.480 e. The molecule has 0 radical (unpaired) electrons. The average Bonchev–Trinajstić information content (AvgIpc) is 2.58. The van der Waals surface area contributed by atoms with Crippen LogP contribution < -0.4 is 5.32 Å². The van der Waals surface area contributed by atoms with E-state index in [-0.39, 0.29) is 17.2 Å². The Morgan fingerprint density at radius 1 is 1.12 bits per heavy atom. The summed E-state index contributed by atoms with van der Waals surface area (Å²) in [5, 5.41) is 11.4. The Morgan fingerprint density at radius 2 is 1.68 bits per heavy atom. The SMILES string of the molecule is CCC(NC(=O)CCc1ccc(S(=O)(=O)N(CC)CC)cc1)C(=O)O. The van der Waals surface area contributed by atoms with Crippen LogP contribution in [0.25, 0.3) is 0 Å². The average molecular weight is 370 g/mol. The molecule has 1 aromatic rings. The van der Waals surface area contributed by atoms with Gasteiger partial charge in [-0.2, -0.15) is 4.31 Å². The number of carbonyl (C=O) groups is 2. The third-order valence-electron chi connectivity index (χ3n) is 3.95. The van der Waals surface area contributed by atoms with Crippen LogP contribution in [-0.2, 0) is 26.0 Å². The highest BCUT2D eigenvalue weighted by Crippen LogP contribution is 2.16. The van der Waals surface area contributed by atoms with Gasteiger partial charge in [0.25, 0.3) is 0 Å². The monoisotopic (exact) mass is 370 g/mol. The minimum atomic E-state index is -3.49. The second-order valence-electron chi connectivity index (χ2n) is 5.60. The fourth-order valence-electron chi connectivity index (χ4n) is 2.40. The molecule has 0 aliphatic carbocycles. The Balaban J connectivity index is 2.69. The zero-order valence-corrected chi connectivity index (χ0v) is 15.7. The number of carbonyl (C=O) groups excluding carboxylic acids is 1. The molecule has 0 saturated carbocycles. The van der Waals surface area contributed by atoms with Crippen LogP contribution in [0.15, 0.2) is 29.2 Å². The molecule has 0 saturated heterocycles. The van der Waals surface area contributed by atoms with E-state index in [0.29, 0.717) is 25.9 Å². The number of aryl methyl sites for hydroxylation is 1. The molecule has 1 amide bonds. The molecule has 0 aromatic heterocycles. The number of benzene rings is 1. The van der Waals surface area contributed by atoms with E-state index in [2.05, 4.69) is 5.32 Å². The second kappa shape index (κ2) is 9.53. The number of hydrogen-bond acceptors (Lipinski definition) is 4. The standard InChI is InChI=1S/C17H26N2O5S/c1-4-15(17(21)22)18-16(20)12-9-13-7-10-14(11-8-13)25(23,24)19(5-2)6-3/h7-8,10-11,15H,4-6,9,12H2,1-3H3,(H,18,20)(H,21,22). The van der Waals surface area contributed by atoms with E-state index in [4.69, 9.17) is 5.11 Å². The maximum absolute atomic E-state index is 12.4. The van der Waals surface area contributed by atoms with Gasteiger partial charge in [0.2, 0.25) is 15.9 Å². The third kappa shape index (κ3) is 5.82. The molecule has 8 heteroatoms. The molecule has 25 heavy (non-hydrogen) atoms. The van der Waals surface area contributed by atoms with Gasteiger partial charge in [0.05, 0.1) is 4.90 Å². The van der Waals surface area contributed by atoms with E-state index in [1.54, 1.807) is 32.9 Å². The predicted octanol–water partition coefficient (Wildman–Crippen LogP) is 1.63. The van der Waals surface area contributed by atoms with E-state index in [9.17, 15) is 18.0 Å². The first kappa shape index (κ1) is 21.1. The summed E-state index contributed by atoms with van der Waals surface area (Å²) < 4.78 is 26.2. The Hall–Kier alpha value is -1.93. The molecule has 0 bridgehead atoms. The Labute approximate surface area is 149 Å². The number of nitrogens with one attached hydrogen (secondary N) is 1. The molecule has 0 aliphatic rings. The molecule has 0 heterocycles. The lowest BCUT2D eigenvalue weighted by Gasteiger charge is -2.18. The summed E-state index contributed by atoms with van der Waals surface area (Å²) in [4.78, 5) is 22.9. The summed E-state index contributed by atoms with van der Waals surface area (Å²) in [5.41, 5.74) is 0.817. The summed E-state index contributed by atoms with van der Waals surface area (Å²) >= 11 is 0. The summed E-state index contributed by atoms with van der Waals surface area (Å²) in [5.74, 6) is -1.39. The predicted molar refractivity (Wildman–Crippen MR) is 94.7 cm³/mol. The van der Waals surface area contributed by atoms with Crippen molar-refractivity contribution in [2.45, 2.75) is 51.0 Å². The van der Waals surface area contributed by atoms with Crippen LogP contribution in [0.5, 0.6) is 0 Å². The number of carboxylic acids is 1. The van der Waals surface area contributed by atoms with Gasteiger partial charge in [-0.05, 0) is 30.5 Å². The zero-order valence-electron chi connectivity index (χ0n) is 14.9. The lowest BCUT2D eigenvalue weighted by molar-refractivity contribution is -0.141. The Morgan fingerprint density at radius 3 is 2.12 bits per heavy atom. The number of hydrogen-bond donors (Lipinski definition) is 2. The van der Waals surface area contributed by atoms with Crippen LogP contribution >= 0.6 is 0 Å². The highest BCUT2D eigenvalue weighted by molar-refractivity contribution is 7.89. The molecule has 0 fully saturated rings. The van der Waals surface area contributed by atoms with Gasteiger partial charge in [-0.1, -0.05) is 32.9 Å². The first-order chi connectivity index (χ1) is 11.8. The maximum atomic E-state index is 12.4. The zero-order chi connectivity index (χ0) is 19.0. The third-order valence-corrected chi connectivity index (χ3v) is 6.01. The van der Waals surface area contributed by atoms with Gasteiger partial charge in [-0.15, -0.1) is 0 Å². The smallest absolute Gasteiger partial charge is 0.326 e. The molecule has 7 nitrogen and oxygen atoms in total. The number of sulfonamides is 1. The Bertz CT molecular complexity index is 681. The van der Waals surface area contributed by atoms with E-state index in [1.807, 2.05) is 0 Å². The van der Waals surface area contributed by atoms with Gasteiger partial charge in [0.15, 0.2) is 0 Å². The molecular weight excluding hydrogens is 344 g/mol. The van der Waals surface area contributed by atoms with Crippen LogP contribution in [-0.4, -0.2) is 48.8 Å². The normalized spacial score (nSPS) is 12.8. The first-order valence-corrected chi connectivity index (χ1v) is 9.81. The summed E-state index contributed by atoms with van der Waals surface area (Å²) in [6.07, 6.45) is 0.873. The second-order valence-corrected chi connectivity index (χ2v) is 7.54. The van der Waals surface area contributed by atoms with Gasteiger partial charge in [-0.3, -0.25) is 4.79 Å². The first-order valence-electron chi connectivity index (χ1n) is 8.37. The highest BCUT2D eigenvalue weighted by atomic mass is 32.2. The van der Waals surface area contributed by atoms with E-state index >= 15 is 0 Å². The van der Waals surface area contributed by atoms with Gasteiger partial charge in [0.1, 0.15) is 6.04 Å². The van der Waals surface area contributed by atoms with Gasteiger partial charge < -0.3 is 10.4 Å². The van der Waals surface area contributed by atoms with Gasteiger partial charge in [0, 0.05) is 19.5 Å². The minimum absolute atomic E-state index is 0.145. The summed E-state index contributed by atoms with van der Waals surface area (Å²) in [6, 6.07) is 5.55. The Kier molecular flexibility index (Phi) is 8.05. The van der Waals surface area contributed by atoms with Crippen molar-refractivity contribution in [1.29, 1.82) is 0 Å². The molecule has 140 valence electrons. The van der Waals surface area contributed by atoms with Crippen LogP contribution in [0, 0.1) is 0 Å². The maximum Gasteiger partial charge on any atom is 0.326 e. The topological polar surface area (TPSA) is 104 Å². The van der Waals surface area contributed by atoms with Crippen LogP contribution in [0.3, 0.4) is 0 Å². The fraction of sp³-hybridized carbons (Fsp3) is 0.529. The van der Waals surface area contributed by atoms with Crippen molar-refractivity contribution in [1.82, 2.24) is 9.62 Å². The molecular formula is C17H26N2O5S. The molecule has 0 spiro atoms. The van der Waals surface area contributed by atoms with E-state index in [1.165, 1.54) is 16.4 Å². The van der Waals surface area contributed by atoms with Crippen molar-refractivity contribution < 1.29 is 23.1 Å². The highest BCUT2D eigenvalue weighted by Gasteiger charge is 2.21. The number of amides is 1. The van der Waals surface area contributed by atoms with Crippen molar-refractivity contribution in [3.63, 3.8) is 0 Å². The number of rotatable bonds is 10. The molecule has 1 atom stereocenters. The van der Waals surface area contributed by atoms with E-state index < -0.39 is 22.0 Å². The van der Waals surface area contributed by atoms with Gasteiger partial charge >= 0.3 is 5.97 Å². The van der Waals surface area contributed by atoms with E-state index in [0.717, 1.165) is 5.56 Å². The molecule has 1 aromatic carbocycles. The van der Waals surface area contributed by atoms with Crippen molar-refractivity contribution in [2.75, 3.05) is 13.1 Å². The molecule has 1 rings (SSSR count). The van der Waals surface area contributed by atoms with Crippen molar-refractivity contribution >= 4 is 21.9 Å². The van der Waals surface area contributed by atoms with Crippen molar-refractivity contribution in [2.24, 2.45) is 0 Å².